The number of fused-ring (bicyclic) bond motifs is 1. The number of rotatable bonds is 5. The first-order chi connectivity index (χ1) is 17.8. The number of nitrogens with zero attached hydrogens (tertiary/aromatic N) is 1. The van der Waals surface area contributed by atoms with Gasteiger partial charge in [0.2, 0.25) is 5.91 Å². The number of carbonyl (C=O) groups is 1. The molecule has 2 aromatic heterocycles. The molecule has 0 fully saturated rings. The van der Waals surface area contributed by atoms with E-state index in [1.807, 2.05) is 24.3 Å². The number of hydrogen-bond acceptors (Lipinski definition) is 6. The van der Waals surface area contributed by atoms with Gasteiger partial charge in [-0.05, 0) is 79.0 Å². The first kappa shape index (κ1) is 25.0. The molecule has 6 nitrogen and oxygen atoms in total. The Morgan fingerprint density at radius 1 is 1.03 bits per heavy atom. The fraction of sp³-hybridized carbons (Fsp3) is 0. The summed E-state index contributed by atoms with van der Waals surface area (Å²) in [5.41, 5.74) is 2.74. The number of furan rings is 1. The van der Waals surface area contributed by atoms with Crippen molar-refractivity contribution in [1.82, 2.24) is 10.3 Å². The van der Waals surface area contributed by atoms with Crippen molar-refractivity contribution in [2.75, 3.05) is 5.32 Å². The van der Waals surface area contributed by atoms with Gasteiger partial charge in [0.1, 0.15) is 22.3 Å². The lowest BCUT2D eigenvalue weighted by molar-refractivity contribution is -0.115. The summed E-state index contributed by atoms with van der Waals surface area (Å²) in [6.07, 6.45) is 2.84. The number of aromatic hydroxyl groups is 1. The van der Waals surface area contributed by atoms with Crippen LogP contribution < -0.4 is 10.6 Å². The Labute approximate surface area is 231 Å². The first-order valence-corrected chi connectivity index (χ1v) is 12.9. The number of phenols is 1. The number of thiocarbonyl (C=S) groups is 1. The van der Waals surface area contributed by atoms with Crippen LogP contribution in [0.5, 0.6) is 5.75 Å². The van der Waals surface area contributed by atoms with Gasteiger partial charge in [-0.25, -0.2) is 4.98 Å². The molecule has 0 bridgehead atoms. The summed E-state index contributed by atoms with van der Waals surface area (Å²) in [6.45, 7) is 0. The summed E-state index contributed by atoms with van der Waals surface area (Å²) in [4.78, 5) is 17.0. The lowest BCUT2D eigenvalue weighted by Crippen LogP contribution is -2.32. The molecule has 0 unspecified atom stereocenters. The van der Waals surface area contributed by atoms with E-state index in [4.69, 9.17) is 39.8 Å². The summed E-state index contributed by atoms with van der Waals surface area (Å²) in [7, 11) is 0. The van der Waals surface area contributed by atoms with Crippen molar-refractivity contribution < 1.29 is 14.3 Å². The van der Waals surface area contributed by atoms with Crippen LogP contribution in [0.3, 0.4) is 0 Å². The van der Waals surface area contributed by atoms with Gasteiger partial charge in [-0.1, -0.05) is 35.3 Å². The Morgan fingerprint density at radius 2 is 1.81 bits per heavy atom. The third-order valence-electron chi connectivity index (χ3n) is 5.19. The minimum atomic E-state index is -0.438. The minimum Gasteiger partial charge on any atom is -0.507 e. The van der Waals surface area contributed by atoms with Crippen LogP contribution in [-0.2, 0) is 4.79 Å². The molecule has 0 spiro atoms. The van der Waals surface area contributed by atoms with E-state index in [0.29, 0.717) is 37.8 Å². The first-order valence-electron chi connectivity index (χ1n) is 10.9. The molecule has 0 aliphatic carbocycles. The lowest BCUT2D eigenvalue weighted by Gasteiger charge is -2.10. The highest BCUT2D eigenvalue weighted by Crippen LogP contribution is 2.36. The standard InChI is InChI=1S/C27H17Cl2N3O3S2/c28-16-11-15(12-17(29)13-16)23-9-6-19(35-23)7-10-25(34)32-27(36)30-18-5-8-22(33)20(14-18)26-31-21-3-1-2-4-24(21)37-26/h1-14,33H,(H2,30,32,34,36)/b10-7+. The maximum Gasteiger partial charge on any atom is 0.250 e. The largest absolute Gasteiger partial charge is 0.507 e. The number of para-hydroxylation sites is 1. The lowest BCUT2D eigenvalue weighted by atomic mass is 10.2. The molecule has 3 aromatic carbocycles. The molecular formula is C27H17Cl2N3O3S2. The zero-order valence-corrected chi connectivity index (χ0v) is 22.0. The number of phenolic OH excluding ortho intramolecular Hbond substituents is 1. The molecular weight excluding hydrogens is 549 g/mol. The van der Waals surface area contributed by atoms with Crippen LogP contribution >= 0.6 is 46.8 Å². The molecule has 184 valence electrons. The van der Waals surface area contributed by atoms with Gasteiger partial charge in [0.05, 0.1) is 15.8 Å². The Kier molecular flexibility index (Phi) is 7.25. The summed E-state index contributed by atoms with van der Waals surface area (Å²) in [5, 5.41) is 17.7. The highest BCUT2D eigenvalue weighted by Gasteiger charge is 2.12. The second-order valence-electron chi connectivity index (χ2n) is 7.86. The van der Waals surface area contributed by atoms with Gasteiger partial charge < -0.3 is 14.8 Å². The van der Waals surface area contributed by atoms with Gasteiger partial charge in [0, 0.05) is 27.4 Å². The summed E-state index contributed by atoms with van der Waals surface area (Å²) < 4.78 is 6.78. The molecule has 0 aliphatic rings. The molecule has 0 saturated heterocycles. The van der Waals surface area contributed by atoms with Gasteiger partial charge in [-0.3, -0.25) is 10.1 Å². The van der Waals surface area contributed by atoms with E-state index in [1.165, 1.54) is 23.5 Å². The van der Waals surface area contributed by atoms with Gasteiger partial charge in [-0.15, -0.1) is 11.3 Å². The van der Waals surface area contributed by atoms with E-state index in [2.05, 4.69) is 15.6 Å². The number of amides is 1. The van der Waals surface area contributed by atoms with Crippen LogP contribution in [0, 0.1) is 0 Å². The fourth-order valence-corrected chi connectivity index (χ4v) is 5.27. The van der Waals surface area contributed by atoms with Crippen molar-refractivity contribution in [3.8, 4) is 27.6 Å². The zero-order chi connectivity index (χ0) is 25.9. The molecule has 3 N–H and O–H groups in total. The second-order valence-corrected chi connectivity index (χ2v) is 10.2. The topological polar surface area (TPSA) is 87.4 Å². The SMILES string of the molecule is O=C(/C=C/c1ccc(-c2cc(Cl)cc(Cl)c2)o1)NC(=S)Nc1ccc(O)c(-c2nc3ccccc3s2)c1. The summed E-state index contributed by atoms with van der Waals surface area (Å²) >= 11 is 18.9. The predicted molar refractivity (Wildman–Crippen MR) is 154 cm³/mol. The van der Waals surface area contributed by atoms with E-state index < -0.39 is 5.91 Å². The Bertz CT molecular complexity index is 1620. The van der Waals surface area contributed by atoms with Gasteiger partial charge in [0.25, 0.3) is 0 Å². The smallest absolute Gasteiger partial charge is 0.250 e. The molecule has 0 radical (unpaired) electrons. The fourth-order valence-electron chi connectivity index (χ4n) is 3.54. The van der Waals surface area contributed by atoms with Crippen molar-refractivity contribution in [3.05, 3.63) is 94.7 Å². The number of thiazole rings is 1. The minimum absolute atomic E-state index is 0.0976. The molecule has 10 heteroatoms. The molecule has 1 amide bonds. The Balaban J connectivity index is 1.23. The molecule has 0 aliphatic heterocycles. The van der Waals surface area contributed by atoms with Crippen LogP contribution in [0.25, 0.3) is 38.2 Å². The molecule has 2 heterocycles. The van der Waals surface area contributed by atoms with Crippen LogP contribution in [-0.4, -0.2) is 21.1 Å². The van der Waals surface area contributed by atoms with E-state index in [-0.39, 0.29) is 10.9 Å². The number of carbonyl (C=O) groups excluding carboxylic acids is 1. The van der Waals surface area contributed by atoms with Crippen LogP contribution in [0.15, 0.2) is 83.3 Å². The third kappa shape index (κ3) is 6.00. The maximum absolute atomic E-state index is 12.4. The Morgan fingerprint density at radius 3 is 2.59 bits per heavy atom. The maximum atomic E-state index is 12.4. The van der Waals surface area contributed by atoms with E-state index in [0.717, 1.165) is 15.8 Å². The molecule has 0 atom stereocenters. The van der Waals surface area contributed by atoms with Gasteiger partial charge in [-0.2, -0.15) is 0 Å². The van der Waals surface area contributed by atoms with Crippen molar-refractivity contribution in [2.24, 2.45) is 0 Å². The molecule has 5 rings (SSSR count). The van der Waals surface area contributed by atoms with Crippen LogP contribution in [0.1, 0.15) is 5.76 Å². The number of halogens is 2. The highest BCUT2D eigenvalue weighted by atomic mass is 35.5. The Hall–Kier alpha value is -3.69. The normalized spacial score (nSPS) is 11.2. The monoisotopic (exact) mass is 565 g/mol. The van der Waals surface area contributed by atoms with Crippen molar-refractivity contribution in [2.45, 2.75) is 0 Å². The van der Waals surface area contributed by atoms with Crippen LogP contribution in [0.2, 0.25) is 10.0 Å². The van der Waals surface area contributed by atoms with E-state index in [1.54, 1.807) is 48.5 Å². The number of aromatic nitrogens is 1. The number of benzene rings is 3. The summed E-state index contributed by atoms with van der Waals surface area (Å²) in [5.74, 6) is 0.698. The van der Waals surface area contributed by atoms with Crippen LogP contribution in [0.4, 0.5) is 5.69 Å². The quantitative estimate of drug-likeness (QED) is 0.115. The number of hydrogen-bond donors (Lipinski definition) is 3. The predicted octanol–water partition coefficient (Wildman–Crippen LogP) is 7.76. The molecule has 5 aromatic rings. The zero-order valence-electron chi connectivity index (χ0n) is 18.9. The third-order valence-corrected chi connectivity index (χ3v) is 6.90. The van der Waals surface area contributed by atoms with Crippen molar-refractivity contribution in [1.29, 1.82) is 0 Å². The average molecular weight is 566 g/mol. The van der Waals surface area contributed by atoms with Gasteiger partial charge >= 0.3 is 0 Å². The second kappa shape index (κ2) is 10.7. The van der Waals surface area contributed by atoms with E-state index >= 15 is 0 Å². The molecule has 0 saturated carbocycles. The van der Waals surface area contributed by atoms with Gasteiger partial charge in [0.15, 0.2) is 5.11 Å². The molecule has 37 heavy (non-hydrogen) atoms. The van der Waals surface area contributed by atoms with E-state index in [9.17, 15) is 9.90 Å². The van der Waals surface area contributed by atoms with Crippen molar-refractivity contribution >= 4 is 79.8 Å². The van der Waals surface area contributed by atoms with Crippen molar-refractivity contribution in [3.63, 3.8) is 0 Å². The summed E-state index contributed by atoms with van der Waals surface area (Å²) in [6, 6.07) is 21.3. The average Bonchev–Trinajstić information content (AvgIpc) is 3.50. The highest BCUT2D eigenvalue weighted by molar-refractivity contribution is 7.80. The number of nitrogens with one attached hydrogen (secondary N) is 2. The number of anilines is 1.